The van der Waals surface area contributed by atoms with Crippen molar-refractivity contribution in [1.82, 2.24) is 5.32 Å². The summed E-state index contributed by atoms with van der Waals surface area (Å²) in [4.78, 5) is 24.1. The fourth-order valence-electron chi connectivity index (χ4n) is 4.39. The van der Waals surface area contributed by atoms with Gasteiger partial charge in [-0.25, -0.2) is 0 Å². The minimum absolute atomic E-state index is 0.0235. The van der Waals surface area contributed by atoms with E-state index in [0.717, 1.165) is 32.1 Å². The zero-order valence-electron chi connectivity index (χ0n) is 12.7. The highest BCUT2D eigenvalue weighted by molar-refractivity contribution is 5.99. The molecule has 1 aliphatic carbocycles. The first-order valence-corrected chi connectivity index (χ1v) is 7.64. The molecular formula is C16H27NO2. The van der Waals surface area contributed by atoms with Gasteiger partial charge in [-0.2, -0.15) is 0 Å². The summed E-state index contributed by atoms with van der Waals surface area (Å²) in [5.74, 6) is 0.387. The fourth-order valence-corrected chi connectivity index (χ4v) is 4.39. The van der Waals surface area contributed by atoms with Crippen molar-refractivity contribution in [2.75, 3.05) is 0 Å². The van der Waals surface area contributed by atoms with Crippen LogP contribution in [0.4, 0.5) is 0 Å². The molecule has 2 rings (SSSR count). The average Bonchev–Trinajstić information content (AvgIpc) is 2.28. The first-order chi connectivity index (χ1) is 8.81. The Morgan fingerprint density at radius 2 is 1.95 bits per heavy atom. The summed E-state index contributed by atoms with van der Waals surface area (Å²) in [6.07, 6.45) is 5.71. The minimum atomic E-state index is -0.0784. The Hall–Kier alpha value is -0.860. The van der Waals surface area contributed by atoms with E-state index in [0.29, 0.717) is 17.8 Å². The summed E-state index contributed by atoms with van der Waals surface area (Å²) in [7, 11) is 0. The van der Waals surface area contributed by atoms with E-state index >= 15 is 0 Å². The van der Waals surface area contributed by atoms with Crippen molar-refractivity contribution in [1.29, 1.82) is 0 Å². The molecule has 0 radical (unpaired) electrons. The molecule has 108 valence electrons. The maximum atomic E-state index is 12.2. The van der Waals surface area contributed by atoms with Crippen molar-refractivity contribution in [3.05, 3.63) is 0 Å². The van der Waals surface area contributed by atoms with Crippen LogP contribution in [0.15, 0.2) is 0 Å². The largest absolute Gasteiger partial charge is 0.296 e. The van der Waals surface area contributed by atoms with E-state index in [9.17, 15) is 9.59 Å². The second kappa shape index (κ2) is 4.92. The Balaban J connectivity index is 2.31. The Morgan fingerprint density at radius 3 is 2.53 bits per heavy atom. The van der Waals surface area contributed by atoms with Gasteiger partial charge in [0.1, 0.15) is 0 Å². The zero-order chi connectivity index (χ0) is 14.3. The number of hydrogen-bond acceptors (Lipinski definition) is 2. The SMILES string of the molecule is CCCC1C(=O)NC(=O)CC12CCC(C)(C)CC2C. The minimum Gasteiger partial charge on any atom is -0.296 e. The highest BCUT2D eigenvalue weighted by Gasteiger charge is 2.53. The van der Waals surface area contributed by atoms with E-state index in [-0.39, 0.29) is 23.1 Å². The Kier molecular flexibility index (Phi) is 3.76. The van der Waals surface area contributed by atoms with Gasteiger partial charge in [0, 0.05) is 12.3 Å². The average molecular weight is 265 g/mol. The smallest absolute Gasteiger partial charge is 0.230 e. The fraction of sp³-hybridized carbons (Fsp3) is 0.875. The summed E-state index contributed by atoms with van der Waals surface area (Å²) in [5.41, 5.74) is 0.267. The number of imide groups is 1. The van der Waals surface area contributed by atoms with Crippen LogP contribution in [0.5, 0.6) is 0 Å². The van der Waals surface area contributed by atoms with Gasteiger partial charge in [-0.1, -0.05) is 34.1 Å². The number of carbonyl (C=O) groups excluding carboxylic acids is 2. The topological polar surface area (TPSA) is 46.2 Å². The highest BCUT2D eigenvalue weighted by atomic mass is 16.2. The molecule has 2 fully saturated rings. The zero-order valence-corrected chi connectivity index (χ0v) is 12.7. The third-order valence-electron chi connectivity index (χ3n) is 5.45. The molecule has 1 saturated heterocycles. The standard InChI is InChI=1S/C16H27NO2/c1-5-6-12-14(19)17-13(18)10-16(12)8-7-15(3,4)9-11(16)2/h11-12H,5-10H2,1-4H3,(H,17,18,19). The van der Waals surface area contributed by atoms with E-state index < -0.39 is 0 Å². The van der Waals surface area contributed by atoms with E-state index in [1.807, 2.05) is 0 Å². The first-order valence-electron chi connectivity index (χ1n) is 7.64. The van der Waals surface area contributed by atoms with E-state index in [1.54, 1.807) is 0 Å². The number of nitrogens with one attached hydrogen (secondary N) is 1. The summed E-state index contributed by atoms with van der Waals surface area (Å²) in [5, 5.41) is 2.55. The summed E-state index contributed by atoms with van der Waals surface area (Å²) in [6, 6.07) is 0. The maximum Gasteiger partial charge on any atom is 0.230 e. The summed E-state index contributed by atoms with van der Waals surface area (Å²) >= 11 is 0. The van der Waals surface area contributed by atoms with Gasteiger partial charge in [-0.05, 0) is 42.4 Å². The van der Waals surface area contributed by atoms with Crippen LogP contribution in [0.25, 0.3) is 0 Å². The predicted octanol–water partition coefficient (Wildman–Crippen LogP) is 3.28. The van der Waals surface area contributed by atoms with Crippen molar-refractivity contribution >= 4 is 11.8 Å². The van der Waals surface area contributed by atoms with Crippen molar-refractivity contribution in [2.45, 2.75) is 66.2 Å². The van der Waals surface area contributed by atoms with Crippen molar-refractivity contribution < 1.29 is 9.59 Å². The molecule has 2 amide bonds. The number of hydrogen-bond donors (Lipinski definition) is 1. The molecule has 19 heavy (non-hydrogen) atoms. The molecule has 1 aliphatic heterocycles. The van der Waals surface area contributed by atoms with Crippen molar-refractivity contribution in [2.24, 2.45) is 22.7 Å². The van der Waals surface area contributed by atoms with Crippen LogP contribution < -0.4 is 5.32 Å². The quantitative estimate of drug-likeness (QED) is 0.779. The van der Waals surface area contributed by atoms with Crippen LogP contribution >= 0.6 is 0 Å². The molecule has 3 unspecified atom stereocenters. The van der Waals surface area contributed by atoms with Gasteiger partial charge in [0.25, 0.3) is 0 Å². The Morgan fingerprint density at radius 1 is 1.26 bits per heavy atom. The molecule has 3 nitrogen and oxygen atoms in total. The lowest BCUT2D eigenvalue weighted by atomic mass is 9.52. The molecule has 1 spiro atoms. The molecule has 1 heterocycles. The molecule has 3 heteroatoms. The van der Waals surface area contributed by atoms with Gasteiger partial charge in [-0.3, -0.25) is 14.9 Å². The Bertz CT molecular complexity index is 388. The second-order valence-corrected chi connectivity index (χ2v) is 7.43. The van der Waals surface area contributed by atoms with Gasteiger partial charge >= 0.3 is 0 Å². The lowest BCUT2D eigenvalue weighted by Gasteiger charge is -2.53. The number of piperidine rings is 1. The molecule has 2 aliphatic rings. The molecule has 0 aromatic rings. The van der Waals surface area contributed by atoms with E-state index in [4.69, 9.17) is 0 Å². The van der Waals surface area contributed by atoms with Gasteiger partial charge < -0.3 is 0 Å². The van der Waals surface area contributed by atoms with Gasteiger partial charge in [0.2, 0.25) is 11.8 Å². The third-order valence-corrected chi connectivity index (χ3v) is 5.45. The second-order valence-electron chi connectivity index (χ2n) is 7.43. The van der Waals surface area contributed by atoms with E-state index in [1.165, 1.54) is 0 Å². The highest BCUT2D eigenvalue weighted by Crippen LogP contribution is 2.56. The predicted molar refractivity (Wildman–Crippen MR) is 75.4 cm³/mol. The van der Waals surface area contributed by atoms with Crippen LogP contribution in [-0.2, 0) is 9.59 Å². The first kappa shape index (κ1) is 14.5. The van der Waals surface area contributed by atoms with Crippen molar-refractivity contribution in [3.8, 4) is 0 Å². The van der Waals surface area contributed by atoms with Crippen molar-refractivity contribution in [3.63, 3.8) is 0 Å². The van der Waals surface area contributed by atoms with E-state index in [2.05, 4.69) is 33.0 Å². The molecule has 1 N–H and O–H groups in total. The van der Waals surface area contributed by atoms with Crippen LogP contribution in [0.3, 0.4) is 0 Å². The lowest BCUT2D eigenvalue weighted by molar-refractivity contribution is -0.151. The number of carbonyl (C=O) groups is 2. The van der Waals surface area contributed by atoms with Gasteiger partial charge in [-0.15, -0.1) is 0 Å². The normalized spacial score (nSPS) is 38.3. The number of rotatable bonds is 2. The third kappa shape index (κ3) is 2.56. The maximum absolute atomic E-state index is 12.2. The van der Waals surface area contributed by atoms with Crippen LogP contribution in [0.2, 0.25) is 0 Å². The van der Waals surface area contributed by atoms with Crippen LogP contribution in [-0.4, -0.2) is 11.8 Å². The lowest BCUT2D eigenvalue weighted by Crippen LogP contribution is -2.56. The van der Waals surface area contributed by atoms with Gasteiger partial charge in [0.15, 0.2) is 0 Å². The molecule has 0 aromatic carbocycles. The number of amides is 2. The van der Waals surface area contributed by atoms with Gasteiger partial charge in [0.05, 0.1) is 0 Å². The molecule has 3 atom stereocenters. The molecule has 0 aromatic heterocycles. The summed E-state index contributed by atoms with van der Waals surface area (Å²) < 4.78 is 0. The summed E-state index contributed by atoms with van der Waals surface area (Å²) in [6.45, 7) is 8.97. The Labute approximate surface area is 116 Å². The van der Waals surface area contributed by atoms with Crippen LogP contribution in [0.1, 0.15) is 66.2 Å². The molecule has 0 bridgehead atoms. The molecular weight excluding hydrogens is 238 g/mol. The van der Waals surface area contributed by atoms with Crippen LogP contribution in [0, 0.1) is 22.7 Å². The molecule has 1 saturated carbocycles. The monoisotopic (exact) mass is 265 g/mol.